The molecule has 2 aromatic rings. The number of amides is 1. The van der Waals surface area contributed by atoms with Crippen molar-refractivity contribution in [1.82, 2.24) is 9.78 Å². The Hall–Kier alpha value is -1.14. The summed E-state index contributed by atoms with van der Waals surface area (Å²) < 4.78 is 2.76. The molecule has 0 bridgehead atoms. The van der Waals surface area contributed by atoms with Gasteiger partial charge >= 0.3 is 0 Å². The summed E-state index contributed by atoms with van der Waals surface area (Å²) in [5.41, 5.74) is 3.65. The third-order valence-corrected chi connectivity index (χ3v) is 4.96. The highest BCUT2D eigenvalue weighted by Gasteiger charge is 2.16. The van der Waals surface area contributed by atoms with Crippen molar-refractivity contribution in [2.75, 3.05) is 5.32 Å². The van der Waals surface area contributed by atoms with E-state index in [1.165, 1.54) is 11.3 Å². The molecule has 1 N–H and O–H groups in total. The number of aromatic nitrogens is 2. The number of nitrogens with zero attached hydrogens (tertiary/aromatic N) is 2. The van der Waals surface area contributed by atoms with Crippen LogP contribution in [0.4, 0.5) is 5.69 Å². The lowest BCUT2D eigenvalue weighted by Crippen LogP contribution is -2.11. The Balaban J connectivity index is 2.26. The van der Waals surface area contributed by atoms with E-state index in [0.29, 0.717) is 4.88 Å². The molecule has 2 aromatic heterocycles. The van der Waals surface area contributed by atoms with E-state index in [1.807, 2.05) is 33.9 Å². The van der Waals surface area contributed by atoms with Gasteiger partial charge < -0.3 is 5.32 Å². The Morgan fingerprint density at radius 1 is 1.44 bits per heavy atom. The summed E-state index contributed by atoms with van der Waals surface area (Å²) in [4.78, 5) is 12.8. The van der Waals surface area contributed by atoms with Crippen LogP contribution < -0.4 is 5.32 Å². The molecule has 0 saturated heterocycles. The predicted molar refractivity (Wildman–Crippen MR) is 77.4 cm³/mol. The summed E-state index contributed by atoms with van der Waals surface area (Å²) in [5, 5.41) is 7.20. The van der Waals surface area contributed by atoms with E-state index >= 15 is 0 Å². The lowest BCUT2D eigenvalue weighted by atomic mass is 10.3. The van der Waals surface area contributed by atoms with Crippen LogP contribution in [0, 0.1) is 20.8 Å². The van der Waals surface area contributed by atoms with Crippen LogP contribution in [0.2, 0.25) is 0 Å². The van der Waals surface area contributed by atoms with Crippen molar-refractivity contribution in [2.45, 2.75) is 20.8 Å². The van der Waals surface area contributed by atoms with E-state index in [0.717, 1.165) is 26.4 Å². The fraction of sp³-hybridized carbons (Fsp3) is 0.333. The SMILES string of the molecule is Cc1cc(C(=O)Nc2c(C)nn(C)c2C)sc1Br. The van der Waals surface area contributed by atoms with Crippen LogP contribution in [0.25, 0.3) is 0 Å². The first-order valence-electron chi connectivity index (χ1n) is 5.47. The summed E-state index contributed by atoms with van der Waals surface area (Å²) in [6.45, 7) is 5.79. The largest absolute Gasteiger partial charge is 0.318 e. The zero-order valence-corrected chi connectivity index (χ0v) is 13.1. The van der Waals surface area contributed by atoms with E-state index in [1.54, 1.807) is 4.68 Å². The molecule has 0 atom stereocenters. The Kier molecular flexibility index (Phi) is 3.59. The minimum Gasteiger partial charge on any atom is -0.318 e. The number of hydrogen-bond acceptors (Lipinski definition) is 3. The van der Waals surface area contributed by atoms with Crippen molar-refractivity contribution in [3.05, 3.63) is 31.7 Å². The minimum absolute atomic E-state index is 0.0898. The standard InChI is InChI=1S/C12H14BrN3OS/c1-6-5-9(18-11(6)13)12(17)14-10-7(2)15-16(4)8(10)3/h5H,1-4H3,(H,14,17). The molecule has 0 aliphatic rings. The first-order chi connectivity index (χ1) is 8.40. The number of rotatable bonds is 2. The summed E-state index contributed by atoms with van der Waals surface area (Å²) >= 11 is 4.86. The topological polar surface area (TPSA) is 46.9 Å². The highest BCUT2D eigenvalue weighted by molar-refractivity contribution is 9.11. The van der Waals surface area contributed by atoms with Crippen LogP contribution in [0.3, 0.4) is 0 Å². The summed E-state index contributed by atoms with van der Waals surface area (Å²) in [6, 6.07) is 1.88. The molecular formula is C12H14BrN3OS. The van der Waals surface area contributed by atoms with Crippen LogP contribution in [0.5, 0.6) is 0 Å². The summed E-state index contributed by atoms with van der Waals surface area (Å²) in [5.74, 6) is -0.0898. The van der Waals surface area contributed by atoms with Gasteiger partial charge in [-0.05, 0) is 48.3 Å². The normalized spacial score (nSPS) is 10.7. The maximum absolute atomic E-state index is 12.1. The molecule has 0 aliphatic carbocycles. The molecular weight excluding hydrogens is 314 g/mol. The molecule has 18 heavy (non-hydrogen) atoms. The highest BCUT2D eigenvalue weighted by atomic mass is 79.9. The van der Waals surface area contributed by atoms with Crippen molar-refractivity contribution < 1.29 is 4.79 Å². The van der Waals surface area contributed by atoms with Gasteiger partial charge in [-0.15, -0.1) is 11.3 Å². The van der Waals surface area contributed by atoms with Gasteiger partial charge in [0, 0.05) is 7.05 Å². The molecule has 0 fully saturated rings. The minimum atomic E-state index is -0.0898. The molecule has 0 aromatic carbocycles. The summed E-state index contributed by atoms with van der Waals surface area (Å²) in [7, 11) is 1.86. The van der Waals surface area contributed by atoms with E-state index in [2.05, 4.69) is 26.3 Å². The highest BCUT2D eigenvalue weighted by Crippen LogP contribution is 2.28. The van der Waals surface area contributed by atoms with Crippen LogP contribution in [-0.2, 0) is 7.05 Å². The molecule has 0 saturated carbocycles. The molecule has 0 unspecified atom stereocenters. The van der Waals surface area contributed by atoms with Gasteiger partial charge in [-0.2, -0.15) is 5.10 Å². The molecule has 96 valence electrons. The van der Waals surface area contributed by atoms with Crippen molar-refractivity contribution in [3.63, 3.8) is 0 Å². The number of carbonyl (C=O) groups is 1. The van der Waals surface area contributed by atoms with Crippen LogP contribution in [0.1, 0.15) is 26.6 Å². The molecule has 0 spiro atoms. The Morgan fingerprint density at radius 2 is 2.11 bits per heavy atom. The average Bonchev–Trinajstić information content (AvgIpc) is 2.75. The second-order valence-corrected chi connectivity index (χ2v) is 6.56. The van der Waals surface area contributed by atoms with Gasteiger partial charge in [0.2, 0.25) is 0 Å². The second kappa shape index (κ2) is 4.85. The van der Waals surface area contributed by atoms with E-state index in [-0.39, 0.29) is 5.91 Å². The van der Waals surface area contributed by atoms with Gasteiger partial charge in [-0.1, -0.05) is 0 Å². The number of anilines is 1. The van der Waals surface area contributed by atoms with E-state index < -0.39 is 0 Å². The first-order valence-corrected chi connectivity index (χ1v) is 7.08. The maximum atomic E-state index is 12.1. The Bertz CT molecular complexity index is 596. The van der Waals surface area contributed by atoms with Gasteiger partial charge in [0.05, 0.1) is 25.7 Å². The molecule has 2 heterocycles. The zero-order valence-electron chi connectivity index (χ0n) is 10.7. The molecule has 0 aliphatic heterocycles. The third kappa shape index (κ3) is 2.35. The predicted octanol–water partition coefficient (Wildman–Crippen LogP) is 3.42. The van der Waals surface area contributed by atoms with Crippen LogP contribution in [-0.4, -0.2) is 15.7 Å². The number of thiophene rings is 1. The lowest BCUT2D eigenvalue weighted by Gasteiger charge is -2.03. The van der Waals surface area contributed by atoms with E-state index in [4.69, 9.17) is 0 Å². The molecule has 6 heteroatoms. The van der Waals surface area contributed by atoms with Crippen molar-refractivity contribution in [2.24, 2.45) is 7.05 Å². The van der Waals surface area contributed by atoms with Gasteiger partial charge in [0.25, 0.3) is 5.91 Å². The number of nitrogens with one attached hydrogen (secondary N) is 1. The summed E-state index contributed by atoms with van der Waals surface area (Å²) in [6.07, 6.45) is 0. The molecule has 4 nitrogen and oxygen atoms in total. The van der Waals surface area contributed by atoms with Gasteiger partial charge in [-0.3, -0.25) is 9.48 Å². The average molecular weight is 328 g/mol. The molecule has 1 amide bonds. The van der Waals surface area contributed by atoms with Crippen molar-refractivity contribution in [3.8, 4) is 0 Å². The van der Waals surface area contributed by atoms with Gasteiger partial charge in [0.1, 0.15) is 0 Å². The van der Waals surface area contributed by atoms with E-state index in [9.17, 15) is 4.79 Å². The Labute approximate surface area is 118 Å². The first kappa shape index (κ1) is 13.3. The maximum Gasteiger partial charge on any atom is 0.265 e. The smallest absolute Gasteiger partial charge is 0.265 e. The molecule has 2 rings (SSSR count). The quantitative estimate of drug-likeness (QED) is 0.918. The molecule has 0 radical (unpaired) electrons. The van der Waals surface area contributed by atoms with Crippen LogP contribution in [0.15, 0.2) is 9.85 Å². The second-order valence-electron chi connectivity index (χ2n) is 4.19. The number of hydrogen-bond donors (Lipinski definition) is 1. The zero-order chi connectivity index (χ0) is 13.4. The number of carbonyl (C=O) groups excluding carboxylic acids is 1. The van der Waals surface area contributed by atoms with Crippen molar-refractivity contribution >= 4 is 38.9 Å². The fourth-order valence-electron chi connectivity index (χ4n) is 1.70. The van der Waals surface area contributed by atoms with Crippen LogP contribution >= 0.6 is 27.3 Å². The lowest BCUT2D eigenvalue weighted by molar-refractivity contribution is 0.103. The van der Waals surface area contributed by atoms with Crippen molar-refractivity contribution in [1.29, 1.82) is 0 Å². The number of aryl methyl sites for hydroxylation is 3. The van der Waals surface area contributed by atoms with Gasteiger partial charge in [0.15, 0.2) is 0 Å². The third-order valence-electron chi connectivity index (χ3n) is 2.83. The van der Waals surface area contributed by atoms with Gasteiger partial charge in [-0.25, -0.2) is 0 Å². The fourth-order valence-corrected chi connectivity index (χ4v) is 3.13. The Morgan fingerprint density at radius 3 is 2.56 bits per heavy atom. The monoisotopic (exact) mass is 327 g/mol. The number of halogens is 1.